The molecule has 0 spiro atoms. The van der Waals surface area contributed by atoms with Crippen LogP contribution in [0.4, 0.5) is 0 Å². The molecule has 0 unspecified atom stereocenters. The Labute approximate surface area is 423 Å². The smallest absolute Gasteiger partial charge is 0.326 e. The van der Waals surface area contributed by atoms with Gasteiger partial charge in [-0.25, -0.2) is 9.78 Å². The van der Waals surface area contributed by atoms with Crippen LogP contribution in [0.1, 0.15) is 97.1 Å². The number of H-pyrrole nitrogens is 1. The highest BCUT2D eigenvalue weighted by atomic mass is 32.1. The maximum absolute atomic E-state index is 14.1. The lowest BCUT2D eigenvalue weighted by molar-refractivity contribution is -0.143. The van der Waals surface area contributed by atoms with Gasteiger partial charge < -0.3 is 79.0 Å². The number of imidazole rings is 1. The number of carboxylic acid groups (broad SMARTS) is 4. The van der Waals surface area contributed by atoms with Crippen LogP contribution in [0.25, 0.3) is 0 Å². The van der Waals surface area contributed by atoms with Crippen molar-refractivity contribution in [1.82, 2.24) is 52.1 Å². The molecule has 0 aliphatic carbocycles. The van der Waals surface area contributed by atoms with Gasteiger partial charge >= 0.3 is 23.9 Å². The van der Waals surface area contributed by atoms with Gasteiger partial charge in [0, 0.05) is 56.3 Å². The van der Waals surface area contributed by atoms with Crippen LogP contribution in [0.2, 0.25) is 0 Å². The molecule has 1 aliphatic heterocycles. The van der Waals surface area contributed by atoms with E-state index in [4.69, 9.17) is 11.5 Å². The van der Waals surface area contributed by atoms with Crippen molar-refractivity contribution in [2.75, 3.05) is 12.3 Å². The number of carbonyl (C=O) groups excluding carboxylic acids is 9. The second kappa shape index (κ2) is 30.5. The highest BCUT2D eigenvalue weighted by molar-refractivity contribution is 7.80. The van der Waals surface area contributed by atoms with Crippen molar-refractivity contribution in [3.05, 3.63) is 18.2 Å². The topological polar surface area (TPSA) is 471 Å². The Kier molecular flexibility index (Phi) is 25.8. The second-order valence-electron chi connectivity index (χ2n) is 17.6. The molecule has 73 heavy (non-hydrogen) atoms. The van der Waals surface area contributed by atoms with Crippen molar-refractivity contribution in [2.45, 2.75) is 152 Å². The summed E-state index contributed by atoms with van der Waals surface area (Å²) < 4.78 is 0. The predicted molar refractivity (Wildman–Crippen MR) is 254 cm³/mol. The normalized spacial score (nSPS) is 16.4. The van der Waals surface area contributed by atoms with Gasteiger partial charge in [-0.3, -0.25) is 57.5 Å². The van der Waals surface area contributed by atoms with Crippen LogP contribution in [0.3, 0.4) is 0 Å². The number of rotatable bonds is 33. The summed E-state index contributed by atoms with van der Waals surface area (Å²) in [5.41, 5.74) is 11.2. The van der Waals surface area contributed by atoms with Crippen molar-refractivity contribution < 1.29 is 82.8 Å². The highest BCUT2D eigenvalue weighted by Crippen LogP contribution is 2.21. The SMILES string of the molecule is CC(C)C[C@H](NC(=O)[C@H](CS)NC(=O)[C@H](CCC(N)=O)NC(=O)[C@H](CCC(=O)O)NC(=O)[C@H](CCC(=O)O)NC(=O)[C@H](Cc1cnc[nH]1)NC(=O)[C@@H]1CCCN1C(=O)[C@H](CCC(=O)O)NC(=O)[C@H](C)N)C(=O)O. The lowest BCUT2D eigenvalue weighted by Crippen LogP contribution is -2.60. The van der Waals surface area contributed by atoms with Crippen LogP contribution in [-0.4, -0.2) is 179 Å². The fourth-order valence-electron chi connectivity index (χ4n) is 7.30. The molecular formula is C43H66N12O17S. The van der Waals surface area contributed by atoms with Gasteiger partial charge in [-0.05, 0) is 57.8 Å². The standard InChI is InChI=1S/C43H66N12O17S/c1-20(2)15-28(43(71)72)53-40(68)29(18-73)54-38(66)23(6-10-31(45)56)48-36(64)24(7-11-32(57)58)49-37(65)25(8-12-33(59)60)50-39(67)27(16-22-17-46-19-47-22)52-41(69)30-5-4-14-55(30)42(70)26(9-13-34(61)62)51-35(63)21(3)44/h17,19-21,23-30,73H,4-16,18,44H2,1-3H3,(H2,45,56)(H,46,47)(H,48,64)(H,49,65)(H,50,67)(H,51,63)(H,52,69)(H,53,68)(H,54,66)(H,57,58)(H,59,60)(H,61,62)(H,71,72)/t21-,23-,24-,25-,26-,27-,28-,29-,30-/m0/s1. The van der Waals surface area contributed by atoms with Crippen LogP contribution >= 0.6 is 12.6 Å². The van der Waals surface area contributed by atoms with Crippen molar-refractivity contribution in [2.24, 2.45) is 17.4 Å². The van der Waals surface area contributed by atoms with E-state index in [0.717, 1.165) is 4.90 Å². The second-order valence-corrected chi connectivity index (χ2v) is 18.0. The molecule has 1 aliphatic rings. The summed E-state index contributed by atoms with van der Waals surface area (Å²) in [6.45, 7) is 4.77. The minimum atomic E-state index is -1.84. The van der Waals surface area contributed by atoms with Crippen molar-refractivity contribution >= 4 is 89.7 Å². The van der Waals surface area contributed by atoms with Crippen LogP contribution in [0.5, 0.6) is 0 Å². The van der Waals surface area contributed by atoms with Gasteiger partial charge in [0.1, 0.15) is 48.3 Å². The van der Waals surface area contributed by atoms with E-state index in [2.05, 4.69) is 59.8 Å². The number of likely N-dealkylation sites (tertiary alicyclic amines) is 1. The fourth-order valence-corrected chi connectivity index (χ4v) is 7.56. The minimum Gasteiger partial charge on any atom is -0.481 e. The first-order valence-corrected chi connectivity index (χ1v) is 23.8. The van der Waals surface area contributed by atoms with Gasteiger partial charge in [0.15, 0.2) is 0 Å². The number of aliphatic carboxylic acids is 4. The Morgan fingerprint density at radius 1 is 0.644 bits per heavy atom. The molecule has 9 atom stereocenters. The monoisotopic (exact) mass is 1050 g/mol. The van der Waals surface area contributed by atoms with Crippen molar-refractivity contribution in [3.8, 4) is 0 Å². The molecule has 16 N–H and O–H groups in total. The molecule has 1 aromatic heterocycles. The molecule has 406 valence electrons. The molecule has 1 saturated heterocycles. The average Bonchev–Trinajstić information content (AvgIpc) is 4.02. The third-order valence-electron chi connectivity index (χ3n) is 11.1. The quantitative estimate of drug-likeness (QED) is 0.0296. The number of hydrogen-bond acceptors (Lipinski definition) is 16. The first kappa shape index (κ1) is 61.7. The van der Waals surface area contributed by atoms with E-state index in [9.17, 15) is 82.8 Å². The molecule has 2 heterocycles. The Hall–Kier alpha value is -7.37. The number of nitrogens with two attached hydrogens (primary N) is 2. The molecule has 2 rings (SSSR count). The van der Waals surface area contributed by atoms with E-state index in [1.165, 1.54) is 19.4 Å². The number of thiol groups is 1. The molecule has 29 nitrogen and oxygen atoms in total. The number of primary amides is 1. The predicted octanol–water partition coefficient (Wildman–Crippen LogP) is -4.40. The maximum atomic E-state index is 14.1. The summed E-state index contributed by atoms with van der Waals surface area (Å²) >= 11 is 4.08. The molecule has 1 fully saturated rings. The van der Waals surface area contributed by atoms with Crippen LogP contribution in [0.15, 0.2) is 12.5 Å². The average molecular weight is 1060 g/mol. The van der Waals surface area contributed by atoms with Gasteiger partial charge in [-0.2, -0.15) is 12.6 Å². The Balaban J connectivity index is 2.44. The molecule has 0 aromatic carbocycles. The number of hydrogen-bond donors (Lipinski definition) is 15. The summed E-state index contributed by atoms with van der Waals surface area (Å²) in [4.78, 5) is 175. The van der Waals surface area contributed by atoms with E-state index in [1.54, 1.807) is 13.8 Å². The Bertz CT molecular complexity index is 2160. The summed E-state index contributed by atoms with van der Waals surface area (Å²) in [6, 6.07) is -13.5. The first-order chi connectivity index (χ1) is 34.2. The zero-order chi connectivity index (χ0) is 55.1. The largest absolute Gasteiger partial charge is 0.481 e. The molecule has 30 heteroatoms. The first-order valence-electron chi connectivity index (χ1n) is 23.2. The zero-order valence-electron chi connectivity index (χ0n) is 40.4. The summed E-state index contributed by atoms with van der Waals surface area (Å²) in [7, 11) is 0. The van der Waals surface area contributed by atoms with Gasteiger partial charge in [-0.15, -0.1) is 0 Å². The molecule has 9 amide bonds. The van der Waals surface area contributed by atoms with E-state index in [0.29, 0.717) is 0 Å². The number of aromatic nitrogens is 2. The maximum Gasteiger partial charge on any atom is 0.326 e. The lowest BCUT2D eigenvalue weighted by Gasteiger charge is -2.30. The fraction of sp³-hybridized carbons (Fsp3) is 0.628. The molecule has 0 bridgehead atoms. The van der Waals surface area contributed by atoms with Crippen molar-refractivity contribution in [1.29, 1.82) is 0 Å². The number of aromatic amines is 1. The number of amides is 9. The molecule has 0 radical (unpaired) electrons. The minimum absolute atomic E-state index is 0.00253. The van der Waals surface area contributed by atoms with Gasteiger partial charge in [-0.1, -0.05) is 13.8 Å². The van der Waals surface area contributed by atoms with E-state index in [1.807, 2.05) is 0 Å². The number of carbonyl (C=O) groups is 13. The third kappa shape index (κ3) is 21.9. The Morgan fingerprint density at radius 3 is 1.51 bits per heavy atom. The van der Waals surface area contributed by atoms with Crippen LogP contribution in [-0.2, 0) is 68.7 Å². The molecule has 1 aromatic rings. The highest BCUT2D eigenvalue weighted by Gasteiger charge is 2.40. The van der Waals surface area contributed by atoms with Gasteiger partial charge in [0.25, 0.3) is 0 Å². The van der Waals surface area contributed by atoms with E-state index < -0.39 is 176 Å². The van der Waals surface area contributed by atoms with Crippen LogP contribution < -0.4 is 48.7 Å². The summed E-state index contributed by atoms with van der Waals surface area (Å²) in [5, 5.41) is 54.4. The zero-order valence-corrected chi connectivity index (χ0v) is 41.3. The van der Waals surface area contributed by atoms with Crippen LogP contribution in [0, 0.1) is 5.92 Å². The van der Waals surface area contributed by atoms with Gasteiger partial charge in [0.2, 0.25) is 53.2 Å². The molecular weight excluding hydrogens is 989 g/mol. The van der Waals surface area contributed by atoms with E-state index in [-0.39, 0.29) is 56.0 Å². The van der Waals surface area contributed by atoms with Crippen molar-refractivity contribution in [3.63, 3.8) is 0 Å². The summed E-state index contributed by atoms with van der Waals surface area (Å²) in [6.07, 6.45) is -2.13. The number of nitrogens with one attached hydrogen (secondary N) is 8. The lowest BCUT2D eigenvalue weighted by atomic mass is 10.0. The summed E-state index contributed by atoms with van der Waals surface area (Å²) in [5.74, 6) is -15.0. The molecule has 0 saturated carbocycles. The number of nitrogens with zero attached hydrogens (tertiary/aromatic N) is 2. The van der Waals surface area contributed by atoms with Gasteiger partial charge in [0.05, 0.1) is 12.4 Å². The third-order valence-corrected chi connectivity index (χ3v) is 11.5. The number of carboxylic acids is 4. The van der Waals surface area contributed by atoms with E-state index >= 15 is 0 Å². The Morgan fingerprint density at radius 2 is 1.08 bits per heavy atom.